The van der Waals surface area contributed by atoms with Gasteiger partial charge in [-0.15, -0.1) is 0 Å². The van der Waals surface area contributed by atoms with Gasteiger partial charge in [0, 0.05) is 24.7 Å². The summed E-state index contributed by atoms with van der Waals surface area (Å²) in [7, 11) is 0. The lowest BCUT2D eigenvalue weighted by Crippen LogP contribution is -2.31. The SMILES string of the molecule is CC(C)C1(CNCC(O)c2ccc(F)cc2F)CC1. The number of rotatable bonds is 6. The molecule has 1 atom stereocenters. The van der Waals surface area contributed by atoms with Crippen LogP contribution in [0.2, 0.25) is 0 Å². The van der Waals surface area contributed by atoms with Crippen LogP contribution in [-0.2, 0) is 0 Å². The molecule has 0 aromatic heterocycles. The molecule has 0 spiro atoms. The fourth-order valence-corrected chi connectivity index (χ4v) is 2.46. The second kappa shape index (κ2) is 5.55. The summed E-state index contributed by atoms with van der Waals surface area (Å²) in [5.41, 5.74) is 0.490. The lowest BCUT2D eigenvalue weighted by molar-refractivity contribution is 0.165. The van der Waals surface area contributed by atoms with Gasteiger partial charge in [-0.25, -0.2) is 8.78 Å². The third-order valence-corrected chi connectivity index (χ3v) is 4.25. The Hall–Kier alpha value is -1.00. The van der Waals surface area contributed by atoms with E-state index in [0.717, 1.165) is 18.7 Å². The molecule has 2 nitrogen and oxygen atoms in total. The van der Waals surface area contributed by atoms with E-state index in [1.54, 1.807) is 0 Å². The van der Waals surface area contributed by atoms with E-state index in [1.807, 2.05) is 0 Å². The van der Waals surface area contributed by atoms with Crippen molar-refractivity contribution in [1.29, 1.82) is 0 Å². The topological polar surface area (TPSA) is 32.3 Å². The molecule has 1 fully saturated rings. The molecule has 0 radical (unpaired) electrons. The van der Waals surface area contributed by atoms with Gasteiger partial charge in [-0.2, -0.15) is 0 Å². The predicted octanol–water partition coefficient (Wildman–Crippen LogP) is 3.02. The first kappa shape index (κ1) is 14.4. The Morgan fingerprint density at radius 1 is 1.32 bits per heavy atom. The van der Waals surface area contributed by atoms with Gasteiger partial charge < -0.3 is 10.4 Å². The van der Waals surface area contributed by atoms with Crippen LogP contribution < -0.4 is 5.32 Å². The van der Waals surface area contributed by atoms with Crippen molar-refractivity contribution in [3.05, 3.63) is 35.4 Å². The summed E-state index contributed by atoms with van der Waals surface area (Å²) in [5, 5.41) is 13.1. The molecule has 19 heavy (non-hydrogen) atoms. The summed E-state index contributed by atoms with van der Waals surface area (Å²) >= 11 is 0. The van der Waals surface area contributed by atoms with Crippen LogP contribution in [0.5, 0.6) is 0 Å². The normalized spacial score (nSPS) is 18.6. The molecular formula is C15H21F2NO. The quantitative estimate of drug-likeness (QED) is 0.832. The van der Waals surface area contributed by atoms with Crippen LogP contribution in [0.15, 0.2) is 18.2 Å². The standard InChI is InChI=1S/C15H21F2NO/c1-10(2)15(5-6-15)9-18-8-14(19)12-4-3-11(16)7-13(12)17/h3-4,7,10,14,18-19H,5-6,8-9H2,1-2H3. The predicted molar refractivity (Wildman–Crippen MR) is 70.7 cm³/mol. The maximum absolute atomic E-state index is 13.5. The highest BCUT2D eigenvalue weighted by Crippen LogP contribution is 2.51. The first-order valence-electron chi connectivity index (χ1n) is 6.78. The number of benzene rings is 1. The minimum Gasteiger partial charge on any atom is -0.387 e. The number of halogens is 2. The van der Waals surface area contributed by atoms with E-state index in [1.165, 1.54) is 18.9 Å². The monoisotopic (exact) mass is 269 g/mol. The van der Waals surface area contributed by atoms with Crippen molar-refractivity contribution in [2.75, 3.05) is 13.1 Å². The Morgan fingerprint density at radius 3 is 2.53 bits per heavy atom. The molecule has 2 N–H and O–H groups in total. The lowest BCUT2D eigenvalue weighted by atomic mass is 9.92. The van der Waals surface area contributed by atoms with Gasteiger partial charge >= 0.3 is 0 Å². The van der Waals surface area contributed by atoms with Crippen LogP contribution in [-0.4, -0.2) is 18.2 Å². The van der Waals surface area contributed by atoms with Crippen molar-refractivity contribution >= 4 is 0 Å². The average molecular weight is 269 g/mol. The van der Waals surface area contributed by atoms with Crippen LogP contribution in [0.4, 0.5) is 8.78 Å². The molecule has 0 aliphatic heterocycles. The summed E-state index contributed by atoms with van der Waals surface area (Å²) in [6, 6.07) is 3.26. The third-order valence-electron chi connectivity index (χ3n) is 4.25. The summed E-state index contributed by atoms with van der Waals surface area (Å²) in [4.78, 5) is 0. The molecule has 0 saturated heterocycles. The second-order valence-electron chi connectivity index (χ2n) is 5.83. The molecule has 1 aliphatic rings. The van der Waals surface area contributed by atoms with E-state index >= 15 is 0 Å². The largest absolute Gasteiger partial charge is 0.387 e. The summed E-state index contributed by atoms with van der Waals surface area (Å²) in [6.45, 7) is 5.52. The van der Waals surface area contributed by atoms with Gasteiger partial charge in [0.1, 0.15) is 11.6 Å². The summed E-state index contributed by atoms with van der Waals surface area (Å²) < 4.78 is 26.3. The van der Waals surface area contributed by atoms with Gasteiger partial charge in [0.2, 0.25) is 0 Å². The van der Waals surface area contributed by atoms with Gasteiger partial charge in [0.25, 0.3) is 0 Å². The number of aliphatic hydroxyl groups excluding tert-OH is 1. The minimum absolute atomic E-state index is 0.142. The third kappa shape index (κ3) is 3.31. The Labute approximate surface area is 112 Å². The van der Waals surface area contributed by atoms with Gasteiger partial charge in [-0.05, 0) is 30.2 Å². The molecule has 2 rings (SSSR count). The van der Waals surface area contributed by atoms with Crippen LogP contribution >= 0.6 is 0 Å². The van der Waals surface area contributed by atoms with Crippen molar-refractivity contribution in [2.24, 2.45) is 11.3 Å². The van der Waals surface area contributed by atoms with Gasteiger partial charge in [0.15, 0.2) is 0 Å². The van der Waals surface area contributed by atoms with Crippen molar-refractivity contribution in [1.82, 2.24) is 5.32 Å². The van der Waals surface area contributed by atoms with E-state index in [9.17, 15) is 13.9 Å². The number of hydrogen-bond acceptors (Lipinski definition) is 2. The smallest absolute Gasteiger partial charge is 0.131 e. The van der Waals surface area contributed by atoms with Crippen molar-refractivity contribution < 1.29 is 13.9 Å². The highest BCUT2D eigenvalue weighted by Gasteiger charge is 2.44. The van der Waals surface area contributed by atoms with Crippen LogP contribution in [0, 0.1) is 23.0 Å². The van der Waals surface area contributed by atoms with Crippen molar-refractivity contribution in [3.8, 4) is 0 Å². The van der Waals surface area contributed by atoms with Crippen molar-refractivity contribution in [3.63, 3.8) is 0 Å². The Balaban J connectivity index is 1.86. The first-order valence-corrected chi connectivity index (χ1v) is 6.78. The zero-order valence-corrected chi connectivity index (χ0v) is 11.4. The highest BCUT2D eigenvalue weighted by molar-refractivity contribution is 5.21. The fourth-order valence-electron chi connectivity index (χ4n) is 2.46. The lowest BCUT2D eigenvalue weighted by Gasteiger charge is -2.21. The summed E-state index contributed by atoms with van der Waals surface area (Å²) in [6.07, 6.45) is 1.47. The molecule has 1 saturated carbocycles. The fraction of sp³-hybridized carbons (Fsp3) is 0.600. The molecule has 0 amide bonds. The zero-order chi connectivity index (χ0) is 14.0. The van der Waals surface area contributed by atoms with Crippen LogP contribution in [0.25, 0.3) is 0 Å². The van der Waals surface area contributed by atoms with E-state index in [-0.39, 0.29) is 12.1 Å². The maximum atomic E-state index is 13.5. The van der Waals surface area contributed by atoms with Gasteiger partial charge in [-0.1, -0.05) is 19.9 Å². The van der Waals surface area contributed by atoms with E-state index < -0.39 is 17.7 Å². The molecule has 1 aliphatic carbocycles. The highest BCUT2D eigenvalue weighted by atomic mass is 19.1. The average Bonchev–Trinajstić information content (AvgIpc) is 3.10. The minimum atomic E-state index is -0.941. The Morgan fingerprint density at radius 2 is 2.00 bits per heavy atom. The molecule has 0 heterocycles. The first-order chi connectivity index (χ1) is 8.94. The Bertz CT molecular complexity index is 444. The summed E-state index contributed by atoms with van der Waals surface area (Å²) in [5.74, 6) is -0.711. The number of hydrogen-bond donors (Lipinski definition) is 2. The molecular weight excluding hydrogens is 248 g/mol. The van der Waals surface area contributed by atoms with E-state index in [2.05, 4.69) is 19.2 Å². The molecule has 106 valence electrons. The zero-order valence-electron chi connectivity index (χ0n) is 11.4. The van der Waals surface area contributed by atoms with Crippen LogP contribution in [0.3, 0.4) is 0 Å². The van der Waals surface area contributed by atoms with Gasteiger partial charge in [-0.3, -0.25) is 0 Å². The molecule has 1 aromatic rings. The Kier molecular flexibility index (Phi) is 4.21. The number of aliphatic hydroxyl groups is 1. The van der Waals surface area contributed by atoms with Crippen molar-refractivity contribution in [2.45, 2.75) is 32.8 Å². The van der Waals surface area contributed by atoms with E-state index in [0.29, 0.717) is 11.3 Å². The maximum Gasteiger partial charge on any atom is 0.131 e. The molecule has 4 heteroatoms. The molecule has 1 unspecified atom stereocenters. The molecule has 0 bridgehead atoms. The van der Waals surface area contributed by atoms with Crippen LogP contribution in [0.1, 0.15) is 38.4 Å². The molecule has 1 aromatic carbocycles. The second-order valence-corrected chi connectivity index (χ2v) is 5.83. The number of nitrogens with one attached hydrogen (secondary N) is 1. The van der Waals surface area contributed by atoms with Gasteiger partial charge in [0.05, 0.1) is 6.10 Å². The van der Waals surface area contributed by atoms with E-state index in [4.69, 9.17) is 0 Å².